The Kier molecular flexibility index (Phi) is 6.33. The minimum Gasteiger partial charge on any atom is -0.481 e. The summed E-state index contributed by atoms with van der Waals surface area (Å²) in [4.78, 5) is 35.9. The van der Waals surface area contributed by atoms with Gasteiger partial charge in [0, 0.05) is 18.7 Å². The number of benzene rings is 1. The number of sulfonamides is 1. The molecule has 29 heavy (non-hydrogen) atoms. The van der Waals surface area contributed by atoms with Gasteiger partial charge in [-0.3, -0.25) is 25.2 Å². The first-order valence-electron chi connectivity index (χ1n) is 9.39. The van der Waals surface area contributed by atoms with Crippen molar-refractivity contribution in [3.63, 3.8) is 0 Å². The molecule has 0 radical (unpaired) electrons. The Morgan fingerprint density at radius 1 is 0.931 bits per heavy atom. The van der Waals surface area contributed by atoms with E-state index >= 15 is 0 Å². The summed E-state index contributed by atoms with van der Waals surface area (Å²) in [5.74, 6) is -3.88. The van der Waals surface area contributed by atoms with Gasteiger partial charge in [0.2, 0.25) is 15.9 Å². The maximum Gasteiger partial charge on any atom is 0.307 e. The molecule has 0 spiro atoms. The Morgan fingerprint density at radius 2 is 1.52 bits per heavy atom. The first-order valence-corrected chi connectivity index (χ1v) is 10.8. The molecule has 3 rings (SSSR count). The van der Waals surface area contributed by atoms with E-state index in [0.717, 1.165) is 12.8 Å². The third-order valence-electron chi connectivity index (χ3n) is 5.20. The molecule has 0 saturated carbocycles. The second-order valence-electron chi connectivity index (χ2n) is 7.07. The van der Waals surface area contributed by atoms with Gasteiger partial charge in [-0.2, -0.15) is 4.31 Å². The molecule has 1 saturated heterocycles. The van der Waals surface area contributed by atoms with Crippen LogP contribution in [0.4, 0.5) is 0 Å². The van der Waals surface area contributed by atoms with E-state index in [2.05, 4.69) is 10.9 Å². The van der Waals surface area contributed by atoms with E-state index in [1.165, 1.54) is 28.6 Å². The molecule has 1 aliphatic heterocycles. The molecular formula is C19H23N3O6S. The quantitative estimate of drug-likeness (QED) is 0.478. The van der Waals surface area contributed by atoms with E-state index in [4.69, 9.17) is 0 Å². The zero-order valence-electron chi connectivity index (χ0n) is 15.7. The lowest BCUT2D eigenvalue weighted by Crippen LogP contribution is -2.47. The summed E-state index contributed by atoms with van der Waals surface area (Å²) in [6, 6.07) is 5.45. The van der Waals surface area contributed by atoms with Crippen molar-refractivity contribution in [2.45, 2.75) is 30.6 Å². The maximum absolute atomic E-state index is 12.5. The SMILES string of the molecule is O=C(NNC(=O)[C@H]1CC=CC[C@H]1C(=O)O)c1ccc(S(=O)(=O)N2CCCC2)cc1. The van der Waals surface area contributed by atoms with Crippen molar-refractivity contribution in [2.75, 3.05) is 13.1 Å². The molecule has 2 aliphatic rings. The van der Waals surface area contributed by atoms with Crippen molar-refractivity contribution in [3.8, 4) is 0 Å². The van der Waals surface area contributed by atoms with E-state index in [1.807, 2.05) is 0 Å². The highest BCUT2D eigenvalue weighted by molar-refractivity contribution is 7.89. The van der Waals surface area contributed by atoms with Gasteiger partial charge >= 0.3 is 5.97 Å². The molecule has 2 amide bonds. The van der Waals surface area contributed by atoms with Crippen molar-refractivity contribution < 1.29 is 27.9 Å². The molecular weight excluding hydrogens is 398 g/mol. The summed E-state index contributed by atoms with van der Waals surface area (Å²) < 4.78 is 26.4. The Hall–Kier alpha value is -2.72. The number of hydrazine groups is 1. The molecule has 1 aromatic rings. The molecule has 0 aromatic heterocycles. The van der Waals surface area contributed by atoms with Gasteiger partial charge in [-0.1, -0.05) is 12.2 Å². The highest BCUT2D eigenvalue weighted by atomic mass is 32.2. The Balaban J connectivity index is 1.60. The maximum atomic E-state index is 12.5. The average Bonchev–Trinajstić information content (AvgIpc) is 3.27. The lowest BCUT2D eigenvalue weighted by Gasteiger charge is -2.24. The fourth-order valence-corrected chi connectivity index (χ4v) is 5.03. The van der Waals surface area contributed by atoms with Crippen LogP contribution in [0, 0.1) is 11.8 Å². The molecule has 156 valence electrons. The summed E-state index contributed by atoms with van der Waals surface area (Å²) in [7, 11) is -3.57. The van der Waals surface area contributed by atoms with Crippen LogP contribution in [0.1, 0.15) is 36.0 Å². The second kappa shape index (κ2) is 8.75. The minimum atomic E-state index is -3.57. The molecule has 1 aromatic carbocycles. The van der Waals surface area contributed by atoms with Crippen LogP contribution in [0.3, 0.4) is 0 Å². The Labute approximate surface area is 168 Å². The number of carboxylic acids is 1. The minimum absolute atomic E-state index is 0.110. The number of nitrogens with zero attached hydrogens (tertiary/aromatic N) is 1. The van der Waals surface area contributed by atoms with E-state index in [9.17, 15) is 27.9 Å². The number of allylic oxidation sites excluding steroid dienone is 2. The molecule has 9 nitrogen and oxygen atoms in total. The van der Waals surface area contributed by atoms with Gasteiger partial charge in [-0.15, -0.1) is 0 Å². The molecule has 3 N–H and O–H groups in total. The van der Waals surface area contributed by atoms with E-state index in [0.29, 0.717) is 13.1 Å². The fourth-order valence-electron chi connectivity index (χ4n) is 3.52. The summed E-state index contributed by atoms with van der Waals surface area (Å²) in [6.07, 6.45) is 5.66. The number of nitrogens with one attached hydrogen (secondary N) is 2. The predicted octanol–water partition coefficient (Wildman–Crippen LogP) is 0.899. The number of amides is 2. The largest absolute Gasteiger partial charge is 0.481 e. The van der Waals surface area contributed by atoms with E-state index in [1.54, 1.807) is 12.2 Å². The summed E-state index contributed by atoms with van der Waals surface area (Å²) >= 11 is 0. The average molecular weight is 421 g/mol. The van der Waals surface area contributed by atoms with Gasteiger partial charge in [0.05, 0.1) is 16.7 Å². The van der Waals surface area contributed by atoms with Crippen LogP contribution in [-0.4, -0.2) is 48.7 Å². The van der Waals surface area contributed by atoms with E-state index < -0.39 is 39.6 Å². The van der Waals surface area contributed by atoms with E-state index in [-0.39, 0.29) is 23.3 Å². The monoisotopic (exact) mass is 421 g/mol. The molecule has 1 heterocycles. The lowest BCUT2D eigenvalue weighted by atomic mass is 9.82. The van der Waals surface area contributed by atoms with Gasteiger partial charge < -0.3 is 5.11 Å². The lowest BCUT2D eigenvalue weighted by molar-refractivity contribution is -0.147. The third-order valence-corrected chi connectivity index (χ3v) is 7.12. The van der Waals surface area contributed by atoms with Crippen molar-refractivity contribution in [1.29, 1.82) is 0 Å². The number of carbonyl (C=O) groups excluding carboxylic acids is 2. The van der Waals surface area contributed by atoms with Crippen LogP contribution in [0.15, 0.2) is 41.3 Å². The van der Waals surface area contributed by atoms with Crippen LogP contribution in [0.5, 0.6) is 0 Å². The van der Waals surface area contributed by atoms with Gasteiger partial charge in [-0.05, 0) is 49.9 Å². The van der Waals surface area contributed by atoms with Gasteiger partial charge in [0.1, 0.15) is 0 Å². The number of carbonyl (C=O) groups is 3. The number of carboxylic acid groups (broad SMARTS) is 1. The van der Waals surface area contributed by atoms with Gasteiger partial charge in [0.25, 0.3) is 5.91 Å². The number of rotatable bonds is 5. The van der Waals surface area contributed by atoms with Crippen molar-refractivity contribution in [3.05, 3.63) is 42.0 Å². The van der Waals surface area contributed by atoms with Crippen LogP contribution >= 0.6 is 0 Å². The van der Waals surface area contributed by atoms with Crippen molar-refractivity contribution >= 4 is 27.8 Å². The summed E-state index contributed by atoms with van der Waals surface area (Å²) in [5, 5.41) is 9.23. The summed E-state index contributed by atoms with van der Waals surface area (Å²) in [5.41, 5.74) is 4.69. The normalized spacial score (nSPS) is 22.2. The highest BCUT2D eigenvalue weighted by Crippen LogP contribution is 2.26. The number of hydrogen-bond acceptors (Lipinski definition) is 5. The van der Waals surface area contributed by atoms with Crippen LogP contribution < -0.4 is 10.9 Å². The highest BCUT2D eigenvalue weighted by Gasteiger charge is 2.34. The first-order chi connectivity index (χ1) is 13.8. The van der Waals surface area contributed by atoms with Gasteiger partial charge in [0.15, 0.2) is 0 Å². The number of hydrogen-bond donors (Lipinski definition) is 3. The topological polar surface area (TPSA) is 133 Å². The zero-order chi connectivity index (χ0) is 21.0. The predicted molar refractivity (Wildman–Crippen MR) is 103 cm³/mol. The summed E-state index contributed by atoms with van der Waals surface area (Å²) in [6.45, 7) is 0.981. The molecule has 1 aliphatic carbocycles. The first kappa shape index (κ1) is 21.0. The molecule has 0 bridgehead atoms. The smallest absolute Gasteiger partial charge is 0.307 e. The van der Waals surface area contributed by atoms with Gasteiger partial charge in [-0.25, -0.2) is 8.42 Å². The van der Waals surface area contributed by atoms with Crippen LogP contribution in [-0.2, 0) is 19.6 Å². The van der Waals surface area contributed by atoms with Crippen LogP contribution in [0.2, 0.25) is 0 Å². The fraction of sp³-hybridized carbons (Fsp3) is 0.421. The Bertz CT molecular complexity index is 920. The molecule has 1 fully saturated rings. The van der Waals surface area contributed by atoms with Crippen molar-refractivity contribution in [1.82, 2.24) is 15.2 Å². The van der Waals surface area contributed by atoms with Crippen molar-refractivity contribution in [2.24, 2.45) is 11.8 Å². The number of aliphatic carboxylic acids is 1. The molecule has 0 unspecified atom stereocenters. The molecule has 2 atom stereocenters. The third kappa shape index (κ3) is 4.65. The standard InChI is InChI=1S/C19H23N3O6S/c23-17(20-21-18(24)15-5-1-2-6-16(15)19(25)26)13-7-9-14(10-8-13)29(27,28)22-11-3-4-12-22/h1-2,7-10,15-16H,3-6,11-12H2,(H,20,23)(H,21,24)(H,25,26)/t15-,16+/m0/s1. The Morgan fingerprint density at radius 3 is 2.10 bits per heavy atom. The zero-order valence-corrected chi connectivity index (χ0v) is 16.5. The molecule has 10 heteroatoms. The van der Waals surface area contributed by atoms with Crippen LogP contribution in [0.25, 0.3) is 0 Å². The second-order valence-corrected chi connectivity index (χ2v) is 9.01.